The van der Waals surface area contributed by atoms with Gasteiger partial charge in [-0.3, -0.25) is 19.2 Å². The molecule has 5 aromatic rings. The molecular formula is C50H66Cl5NO11. The molecule has 0 spiro atoms. The third-order valence-corrected chi connectivity index (χ3v) is 8.99. The predicted octanol–water partition coefficient (Wildman–Crippen LogP) is 11.4. The maximum atomic E-state index is 12.1. The average Bonchev–Trinajstić information content (AvgIpc) is 3.20. The fraction of sp³-hybridized carbons (Fsp3) is 0.300. The predicted molar refractivity (Wildman–Crippen MR) is 276 cm³/mol. The van der Waals surface area contributed by atoms with Crippen molar-refractivity contribution < 1.29 is 55.4 Å². The Labute approximate surface area is 420 Å². The first-order valence-electron chi connectivity index (χ1n) is 18.7. The first-order valence-corrected chi connectivity index (χ1v) is 20.6. The number of hydrogen-bond acceptors (Lipinski definition) is 9. The number of nitrogens with one attached hydrogen (secondary N) is 1. The van der Waals surface area contributed by atoms with Gasteiger partial charge < -0.3 is 36.7 Å². The van der Waals surface area contributed by atoms with Crippen molar-refractivity contribution in [3.63, 3.8) is 0 Å². The number of aliphatic hydroxyl groups is 3. The zero-order chi connectivity index (χ0) is 47.3. The minimum atomic E-state index is -1.05. The van der Waals surface area contributed by atoms with E-state index in [1.807, 2.05) is 27.7 Å². The van der Waals surface area contributed by atoms with Crippen molar-refractivity contribution in [3.8, 4) is 0 Å². The zero-order valence-electron chi connectivity index (χ0n) is 36.1. The smallest absolute Gasteiger partial charge is 0.335 e. The highest BCUT2D eigenvalue weighted by Crippen LogP contribution is 2.20. The van der Waals surface area contributed by atoms with Crippen LogP contribution >= 0.6 is 58.0 Å². The highest BCUT2D eigenvalue weighted by atomic mass is 35.5. The minimum Gasteiger partial charge on any atom is -0.478 e. The molecule has 0 aliphatic carbocycles. The molecule has 372 valence electrons. The second kappa shape index (κ2) is 35.6. The molecule has 0 radical (unpaired) electrons. The minimum absolute atomic E-state index is 0. The fourth-order valence-corrected chi connectivity index (χ4v) is 5.90. The summed E-state index contributed by atoms with van der Waals surface area (Å²) < 4.78 is 0. The number of rotatable bonds is 10. The van der Waals surface area contributed by atoms with Gasteiger partial charge in [-0.15, -0.1) is 0 Å². The van der Waals surface area contributed by atoms with Crippen LogP contribution in [0.5, 0.6) is 0 Å². The van der Waals surface area contributed by atoms with E-state index < -0.39 is 24.3 Å². The monoisotopic (exact) mass is 1030 g/mol. The molecule has 67 heavy (non-hydrogen) atoms. The topological polar surface area (TPSA) is 241 Å². The van der Waals surface area contributed by atoms with E-state index in [0.717, 1.165) is 0 Å². The van der Waals surface area contributed by atoms with E-state index in [-0.39, 0.29) is 73.5 Å². The Morgan fingerprint density at radius 2 is 0.776 bits per heavy atom. The van der Waals surface area contributed by atoms with Crippen molar-refractivity contribution in [1.82, 2.24) is 5.32 Å². The van der Waals surface area contributed by atoms with Crippen LogP contribution in [0.3, 0.4) is 0 Å². The maximum absolute atomic E-state index is 12.1. The molecule has 4 unspecified atom stereocenters. The molecule has 0 aromatic heterocycles. The molecule has 0 aliphatic rings. The van der Waals surface area contributed by atoms with Gasteiger partial charge in [0.2, 0.25) is 0 Å². The van der Waals surface area contributed by atoms with E-state index in [4.69, 9.17) is 68.2 Å². The number of halogens is 5. The van der Waals surface area contributed by atoms with Crippen LogP contribution < -0.4 is 5.32 Å². The molecule has 0 saturated heterocycles. The molecule has 0 aliphatic heterocycles. The van der Waals surface area contributed by atoms with E-state index >= 15 is 0 Å². The van der Waals surface area contributed by atoms with Crippen molar-refractivity contribution in [2.75, 3.05) is 0 Å². The molecule has 0 saturated carbocycles. The van der Waals surface area contributed by atoms with E-state index in [0.29, 0.717) is 47.4 Å². The van der Waals surface area contributed by atoms with Crippen LogP contribution in [-0.2, 0) is 9.59 Å². The molecular weight excluding hydrogens is 968 g/mol. The molecule has 12 nitrogen and oxygen atoms in total. The number of Topliss-reactive ketones (excluding diaryl/α,β-unsaturated/α-hetero) is 4. The van der Waals surface area contributed by atoms with E-state index in [1.165, 1.54) is 39.0 Å². The fourth-order valence-electron chi connectivity index (χ4n) is 4.93. The standard InChI is InChI=1S/C13H18ClNO.3C9H9ClO2.C7H5ClO2.3CH4.2H2O/c1-9(15-13(2,3)4)12(16)10-6-5-7-11(14)8-10;3*1-6(11)9(12)7-3-2-4-8(10)5-7;8-6-3-1-2-5(4-6)7(9)10;;;;;/h5-9,15H,1-4H3;2*2-5,9,12H,1H3;2-6,11H,1H3;1-4H,(H,9,10);3*1H4;2*1H2. The van der Waals surface area contributed by atoms with Crippen LogP contribution in [0.4, 0.5) is 0 Å². The number of carbonyl (C=O) groups is 5. The summed E-state index contributed by atoms with van der Waals surface area (Å²) in [4.78, 5) is 55.1. The van der Waals surface area contributed by atoms with Crippen molar-refractivity contribution in [1.29, 1.82) is 0 Å². The molecule has 5 rings (SSSR count). The Balaban J connectivity index is -0.000000236. The van der Waals surface area contributed by atoms with E-state index in [1.54, 1.807) is 103 Å². The van der Waals surface area contributed by atoms with Gasteiger partial charge in [-0.05, 0) is 126 Å². The third kappa shape index (κ3) is 29.1. The first-order chi connectivity index (χ1) is 28.8. The van der Waals surface area contributed by atoms with Gasteiger partial charge in [-0.2, -0.15) is 0 Å². The molecule has 9 N–H and O–H groups in total. The Bertz CT molecular complexity index is 2200. The Morgan fingerprint density at radius 3 is 1.03 bits per heavy atom. The van der Waals surface area contributed by atoms with Gasteiger partial charge in [0.05, 0.1) is 11.6 Å². The lowest BCUT2D eigenvalue weighted by atomic mass is 10.0. The summed E-state index contributed by atoms with van der Waals surface area (Å²) in [6, 6.07) is 32.8. The SMILES string of the molecule is C.C.C.CC(=O)C(O)c1cccc(Cl)c1.CC(=O)C(O)c1cccc(Cl)c1.CC(NC(C)(C)C)C(=O)c1cccc(Cl)c1.CC(O)C(=O)c1cccc(Cl)c1.O.O.O=C(O)c1cccc(Cl)c1. The Morgan fingerprint density at radius 1 is 0.493 bits per heavy atom. The largest absolute Gasteiger partial charge is 0.478 e. The van der Waals surface area contributed by atoms with Crippen LogP contribution in [0, 0.1) is 0 Å². The van der Waals surface area contributed by atoms with Crippen LogP contribution in [-0.4, -0.2) is 78.2 Å². The first kappa shape index (κ1) is 71.5. The second-order valence-corrected chi connectivity index (χ2v) is 16.7. The Kier molecular flexibility index (Phi) is 38.0. The number of aromatic carboxylic acids is 1. The number of carboxylic acid groups (broad SMARTS) is 1. The van der Waals surface area contributed by atoms with Crippen LogP contribution in [0.25, 0.3) is 0 Å². The van der Waals surface area contributed by atoms with Gasteiger partial charge in [0.15, 0.2) is 23.1 Å². The van der Waals surface area contributed by atoms with Gasteiger partial charge >= 0.3 is 5.97 Å². The highest BCUT2D eigenvalue weighted by Gasteiger charge is 2.21. The molecule has 17 heteroatoms. The van der Waals surface area contributed by atoms with Gasteiger partial charge in [-0.25, -0.2) is 4.79 Å². The summed E-state index contributed by atoms with van der Waals surface area (Å²) in [5, 5.41) is 41.9. The molecule has 0 heterocycles. The lowest BCUT2D eigenvalue weighted by molar-refractivity contribution is -0.125. The zero-order valence-corrected chi connectivity index (χ0v) is 39.9. The van der Waals surface area contributed by atoms with Gasteiger partial charge in [0.1, 0.15) is 18.3 Å². The second-order valence-electron chi connectivity index (χ2n) is 14.5. The summed E-state index contributed by atoms with van der Waals surface area (Å²) in [7, 11) is 0. The number of carboxylic acids is 1. The lowest BCUT2D eigenvalue weighted by Crippen LogP contribution is -2.46. The summed E-state index contributed by atoms with van der Waals surface area (Å²) in [6.07, 6.45) is -3.07. The normalized spacial score (nSPS) is 11.4. The Hall–Kier alpha value is -4.54. The van der Waals surface area contributed by atoms with E-state index in [2.05, 4.69) is 5.32 Å². The van der Waals surface area contributed by atoms with Crippen LogP contribution in [0.15, 0.2) is 121 Å². The van der Waals surface area contributed by atoms with Crippen molar-refractivity contribution >= 4 is 87.1 Å². The van der Waals surface area contributed by atoms with Crippen LogP contribution in [0.2, 0.25) is 25.1 Å². The summed E-state index contributed by atoms with van der Waals surface area (Å²) in [6.45, 7) is 12.1. The maximum Gasteiger partial charge on any atom is 0.335 e. The third-order valence-electron chi connectivity index (χ3n) is 7.81. The quantitative estimate of drug-likeness (QED) is 0.0829. The molecule has 0 fully saturated rings. The summed E-state index contributed by atoms with van der Waals surface area (Å²) in [5.74, 6) is -1.76. The number of hydrogen-bond donors (Lipinski definition) is 5. The molecule has 5 aromatic carbocycles. The van der Waals surface area contributed by atoms with Gasteiger partial charge in [0, 0.05) is 41.8 Å². The molecule has 4 atom stereocenters. The van der Waals surface area contributed by atoms with Crippen LogP contribution in [0.1, 0.15) is 125 Å². The lowest BCUT2D eigenvalue weighted by Gasteiger charge is -2.25. The number of carbonyl (C=O) groups excluding carboxylic acids is 4. The van der Waals surface area contributed by atoms with Crippen molar-refractivity contribution in [3.05, 3.63) is 174 Å². The molecule has 0 bridgehead atoms. The highest BCUT2D eigenvalue weighted by molar-refractivity contribution is 6.32. The summed E-state index contributed by atoms with van der Waals surface area (Å²) in [5.41, 5.74) is 2.31. The summed E-state index contributed by atoms with van der Waals surface area (Å²) >= 11 is 28.4. The van der Waals surface area contributed by atoms with E-state index in [9.17, 15) is 34.2 Å². The van der Waals surface area contributed by atoms with Gasteiger partial charge in [0.25, 0.3) is 0 Å². The molecule has 0 amide bonds. The number of aliphatic hydroxyl groups excluding tert-OH is 3. The van der Waals surface area contributed by atoms with Crippen molar-refractivity contribution in [2.24, 2.45) is 0 Å². The van der Waals surface area contributed by atoms with Gasteiger partial charge in [-0.1, -0.05) is 135 Å². The number of ketones is 4. The van der Waals surface area contributed by atoms with Crippen molar-refractivity contribution in [2.45, 2.75) is 101 Å². The number of benzene rings is 5. The average molecular weight is 1030 g/mol.